The molecule has 4 rings (SSSR count). The predicted octanol–water partition coefficient (Wildman–Crippen LogP) is 4.36. The van der Waals surface area contributed by atoms with Gasteiger partial charge in [0.1, 0.15) is 0 Å². The van der Waals surface area contributed by atoms with Gasteiger partial charge in [-0.3, -0.25) is 0 Å². The van der Waals surface area contributed by atoms with Crippen molar-refractivity contribution in [3.8, 4) is 0 Å². The van der Waals surface area contributed by atoms with Crippen LogP contribution >= 0.6 is 11.8 Å². The number of hydrogen-bond donors (Lipinski definition) is 0. The number of rotatable bonds is 2. The molecule has 0 fully saturated rings. The molecule has 2 heteroatoms. The topological polar surface area (TPSA) is 4.93 Å². The molecule has 0 spiro atoms. The Balaban J connectivity index is 1.60. The Hall–Kier alpha value is -1.67. The summed E-state index contributed by atoms with van der Waals surface area (Å²) >= 11 is 2.02. The highest BCUT2D eigenvalue weighted by Gasteiger charge is 2.22. The van der Waals surface area contributed by atoms with Gasteiger partial charge in [0, 0.05) is 28.4 Å². The molecule has 2 heterocycles. The fourth-order valence-corrected chi connectivity index (χ4v) is 4.19. The van der Waals surface area contributed by atoms with E-state index in [1.807, 2.05) is 11.8 Å². The molecule has 0 aliphatic carbocycles. The Morgan fingerprint density at radius 3 is 2.79 bits per heavy atom. The van der Waals surface area contributed by atoms with E-state index in [-0.39, 0.29) is 0 Å². The second-order valence-electron chi connectivity index (χ2n) is 5.08. The van der Waals surface area contributed by atoms with Crippen molar-refractivity contribution in [1.29, 1.82) is 0 Å². The Morgan fingerprint density at radius 2 is 1.84 bits per heavy atom. The number of benzene rings is 2. The first-order valence-electron chi connectivity index (χ1n) is 6.68. The van der Waals surface area contributed by atoms with Crippen LogP contribution in [0.25, 0.3) is 10.9 Å². The van der Waals surface area contributed by atoms with Gasteiger partial charge in [-0.15, -0.1) is 11.8 Å². The van der Waals surface area contributed by atoms with Crippen molar-refractivity contribution in [2.45, 2.75) is 23.1 Å². The normalized spacial score (nSPS) is 17.8. The molecule has 0 N–H and O–H groups in total. The van der Waals surface area contributed by atoms with Crippen LogP contribution in [0, 0.1) is 0 Å². The van der Waals surface area contributed by atoms with Gasteiger partial charge in [-0.25, -0.2) is 0 Å². The molecular weight excluding hydrogens is 250 g/mol. The first-order valence-corrected chi connectivity index (χ1v) is 7.56. The molecule has 1 aliphatic rings. The zero-order valence-electron chi connectivity index (χ0n) is 10.6. The summed E-state index contributed by atoms with van der Waals surface area (Å²) in [4.78, 5) is 1.46. The number of hydrogen-bond acceptors (Lipinski definition) is 1. The minimum absolute atomic E-state index is 0.660. The molecular formula is C17H15NS. The molecule has 1 unspecified atom stereocenters. The smallest absolute Gasteiger partial charge is 0.0480 e. The molecule has 94 valence electrons. The molecule has 2 aromatic carbocycles. The Labute approximate surface area is 117 Å². The molecule has 1 aromatic heterocycles. The summed E-state index contributed by atoms with van der Waals surface area (Å²) in [5.74, 6) is 0. The summed E-state index contributed by atoms with van der Waals surface area (Å²) < 4.78 is 2.39. The van der Waals surface area contributed by atoms with Gasteiger partial charge in [-0.1, -0.05) is 36.4 Å². The van der Waals surface area contributed by atoms with Gasteiger partial charge >= 0.3 is 0 Å². The van der Waals surface area contributed by atoms with Crippen LogP contribution in [0.5, 0.6) is 0 Å². The molecule has 0 saturated carbocycles. The zero-order valence-corrected chi connectivity index (χ0v) is 11.4. The third-order valence-corrected chi connectivity index (χ3v) is 5.10. The highest BCUT2D eigenvalue weighted by molar-refractivity contribution is 8.00. The third-order valence-electron chi connectivity index (χ3n) is 3.79. The zero-order chi connectivity index (χ0) is 12.7. The highest BCUT2D eigenvalue weighted by atomic mass is 32.2. The predicted molar refractivity (Wildman–Crippen MR) is 81.7 cm³/mol. The van der Waals surface area contributed by atoms with E-state index in [4.69, 9.17) is 0 Å². The lowest BCUT2D eigenvalue weighted by molar-refractivity contribution is 0.685. The van der Waals surface area contributed by atoms with Gasteiger partial charge in [-0.05, 0) is 35.6 Å². The van der Waals surface area contributed by atoms with Gasteiger partial charge in [0.05, 0.1) is 0 Å². The lowest BCUT2D eigenvalue weighted by Crippen LogP contribution is -2.11. The number of fused-ring (bicyclic) bond motifs is 2. The average Bonchev–Trinajstić information content (AvgIpc) is 3.03. The number of nitrogens with zero attached hydrogens (tertiary/aromatic N) is 1. The van der Waals surface area contributed by atoms with Crippen LogP contribution < -0.4 is 0 Å². The van der Waals surface area contributed by atoms with E-state index in [1.165, 1.54) is 27.8 Å². The van der Waals surface area contributed by atoms with E-state index in [0.29, 0.717) is 5.25 Å². The average molecular weight is 265 g/mol. The van der Waals surface area contributed by atoms with Crippen molar-refractivity contribution in [3.05, 3.63) is 66.4 Å². The van der Waals surface area contributed by atoms with Crippen molar-refractivity contribution in [2.24, 2.45) is 0 Å². The Kier molecular flexibility index (Phi) is 2.63. The molecule has 1 nitrogen and oxygen atoms in total. The summed E-state index contributed by atoms with van der Waals surface area (Å²) in [5.41, 5.74) is 2.85. The van der Waals surface area contributed by atoms with Crippen molar-refractivity contribution in [1.82, 2.24) is 4.57 Å². The van der Waals surface area contributed by atoms with E-state index in [2.05, 4.69) is 65.4 Å². The standard InChI is InChI=1S/C17H15NS/c1-3-7-16-13(5-1)9-10-18(16)12-15-11-14-6-2-4-8-17(14)19-15/h1-10,15H,11-12H2. The lowest BCUT2D eigenvalue weighted by atomic mass is 10.1. The van der Waals surface area contributed by atoms with E-state index < -0.39 is 0 Å². The molecule has 0 radical (unpaired) electrons. The molecule has 0 saturated heterocycles. The van der Waals surface area contributed by atoms with Crippen LogP contribution in [0.2, 0.25) is 0 Å². The molecule has 1 atom stereocenters. The first-order chi connectivity index (χ1) is 9.40. The minimum Gasteiger partial charge on any atom is -0.346 e. The van der Waals surface area contributed by atoms with Crippen LogP contribution in [0.1, 0.15) is 5.56 Å². The van der Waals surface area contributed by atoms with Crippen molar-refractivity contribution >= 4 is 22.7 Å². The molecule has 3 aromatic rings. The number of thioether (sulfide) groups is 1. The van der Waals surface area contributed by atoms with Crippen molar-refractivity contribution < 1.29 is 0 Å². The summed E-state index contributed by atoms with van der Waals surface area (Å²) in [6, 6.07) is 19.6. The molecule has 19 heavy (non-hydrogen) atoms. The number of aromatic nitrogens is 1. The third kappa shape index (κ3) is 1.96. The fraction of sp³-hybridized carbons (Fsp3) is 0.176. The SMILES string of the molecule is c1ccc2c(c1)CC(Cn1ccc3ccccc31)S2. The first kappa shape index (κ1) is 11.2. The van der Waals surface area contributed by atoms with Crippen LogP contribution in [0.4, 0.5) is 0 Å². The maximum Gasteiger partial charge on any atom is 0.0480 e. The second-order valence-corrected chi connectivity index (χ2v) is 6.42. The lowest BCUT2D eigenvalue weighted by Gasteiger charge is -2.11. The van der Waals surface area contributed by atoms with Crippen LogP contribution in [-0.4, -0.2) is 9.82 Å². The van der Waals surface area contributed by atoms with E-state index in [0.717, 1.165) is 6.54 Å². The Bertz CT molecular complexity index is 704. The minimum atomic E-state index is 0.660. The van der Waals surface area contributed by atoms with Crippen molar-refractivity contribution in [2.75, 3.05) is 0 Å². The van der Waals surface area contributed by atoms with Crippen LogP contribution in [-0.2, 0) is 13.0 Å². The van der Waals surface area contributed by atoms with Crippen molar-refractivity contribution in [3.63, 3.8) is 0 Å². The van der Waals surface area contributed by atoms with Gasteiger partial charge in [0.2, 0.25) is 0 Å². The molecule has 0 bridgehead atoms. The van der Waals surface area contributed by atoms with Gasteiger partial charge in [-0.2, -0.15) is 0 Å². The summed E-state index contributed by atoms with van der Waals surface area (Å²) in [7, 11) is 0. The Morgan fingerprint density at radius 1 is 1.00 bits per heavy atom. The monoisotopic (exact) mass is 265 g/mol. The summed E-state index contributed by atoms with van der Waals surface area (Å²) in [6.07, 6.45) is 3.40. The van der Waals surface area contributed by atoms with E-state index >= 15 is 0 Å². The van der Waals surface area contributed by atoms with Gasteiger partial charge < -0.3 is 4.57 Å². The number of para-hydroxylation sites is 1. The van der Waals surface area contributed by atoms with Gasteiger partial charge in [0.15, 0.2) is 0 Å². The summed E-state index contributed by atoms with van der Waals surface area (Å²) in [6.45, 7) is 1.09. The van der Waals surface area contributed by atoms with E-state index in [9.17, 15) is 0 Å². The quantitative estimate of drug-likeness (QED) is 0.666. The molecule has 1 aliphatic heterocycles. The van der Waals surface area contributed by atoms with Crippen LogP contribution in [0.15, 0.2) is 65.7 Å². The maximum atomic E-state index is 2.39. The second kappa shape index (κ2) is 4.46. The van der Waals surface area contributed by atoms with E-state index in [1.54, 1.807) is 0 Å². The largest absolute Gasteiger partial charge is 0.346 e. The summed E-state index contributed by atoms with van der Waals surface area (Å²) in [5, 5.41) is 2.00. The fourth-order valence-electron chi connectivity index (χ4n) is 2.87. The molecule has 0 amide bonds. The highest BCUT2D eigenvalue weighted by Crippen LogP contribution is 2.37. The maximum absolute atomic E-state index is 2.39. The van der Waals surface area contributed by atoms with Crippen LogP contribution in [0.3, 0.4) is 0 Å². The van der Waals surface area contributed by atoms with Gasteiger partial charge in [0.25, 0.3) is 0 Å².